The molecule has 144 valence electrons. The highest BCUT2D eigenvalue weighted by atomic mass is 127. The first-order valence-corrected chi connectivity index (χ1v) is 8.57. The Morgan fingerprint density at radius 2 is 1.71 bits per heavy atom. The zero-order valence-electron chi connectivity index (χ0n) is 15.1. The van der Waals surface area contributed by atoms with E-state index in [0.29, 0.717) is 19.3 Å². The molecule has 24 heavy (non-hydrogen) atoms. The summed E-state index contributed by atoms with van der Waals surface area (Å²) >= 11 is 0. The molecule has 0 radical (unpaired) electrons. The van der Waals surface area contributed by atoms with E-state index < -0.39 is 0 Å². The van der Waals surface area contributed by atoms with Gasteiger partial charge in [0.15, 0.2) is 5.96 Å². The van der Waals surface area contributed by atoms with Crippen molar-refractivity contribution in [2.75, 3.05) is 66.9 Å². The van der Waals surface area contributed by atoms with Crippen LogP contribution in [0, 0.1) is 0 Å². The van der Waals surface area contributed by atoms with Gasteiger partial charge in [-0.2, -0.15) is 0 Å². The predicted octanol–water partition coefficient (Wildman–Crippen LogP) is 1.41. The van der Waals surface area contributed by atoms with Crippen molar-refractivity contribution in [2.45, 2.75) is 31.8 Å². The summed E-state index contributed by atoms with van der Waals surface area (Å²) < 4.78 is 21.5. The smallest absolute Gasteiger partial charge is 0.190 e. The number of aliphatic imine (C=N–C) groups is 1. The minimum Gasteiger partial charge on any atom is -0.382 e. The summed E-state index contributed by atoms with van der Waals surface area (Å²) in [5, 5.41) is 6.56. The van der Waals surface area contributed by atoms with Crippen LogP contribution >= 0.6 is 24.0 Å². The fourth-order valence-corrected chi connectivity index (χ4v) is 2.22. The van der Waals surface area contributed by atoms with Crippen LogP contribution in [0.3, 0.4) is 0 Å². The van der Waals surface area contributed by atoms with E-state index in [1.165, 1.54) is 0 Å². The zero-order valence-corrected chi connectivity index (χ0v) is 17.4. The molecule has 0 aromatic rings. The van der Waals surface area contributed by atoms with Gasteiger partial charge in [0.1, 0.15) is 0 Å². The first-order chi connectivity index (χ1) is 11.4. The van der Waals surface area contributed by atoms with Crippen molar-refractivity contribution in [2.24, 2.45) is 4.99 Å². The van der Waals surface area contributed by atoms with Gasteiger partial charge in [-0.3, -0.25) is 4.99 Å². The molecule has 0 aromatic carbocycles. The second-order valence-electron chi connectivity index (χ2n) is 5.42. The van der Waals surface area contributed by atoms with Gasteiger partial charge < -0.3 is 29.6 Å². The molecular formula is C16H34IN3O4. The molecule has 1 aliphatic rings. The molecule has 1 heterocycles. The summed E-state index contributed by atoms with van der Waals surface area (Å²) in [4.78, 5) is 4.20. The van der Waals surface area contributed by atoms with Gasteiger partial charge in [0.05, 0.1) is 19.3 Å². The van der Waals surface area contributed by atoms with Crippen molar-refractivity contribution in [3.63, 3.8) is 0 Å². The quantitative estimate of drug-likeness (QED) is 0.199. The normalized spacial score (nSPS) is 15.8. The van der Waals surface area contributed by atoms with E-state index in [4.69, 9.17) is 18.9 Å². The summed E-state index contributed by atoms with van der Waals surface area (Å²) in [6, 6.07) is 0. The molecule has 1 saturated heterocycles. The summed E-state index contributed by atoms with van der Waals surface area (Å²) in [7, 11) is 3.46. The standard InChI is InChI=1S/C16H33N3O4.HI/c1-17-16(18-7-3-9-21-14-13-20-2)19-8-4-10-23-15-5-11-22-12-6-15;/h15H,3-14H2,1-2H3,(H2,17,18,19);1H. The fourth-order valence-electron chi connectivity index (χ4n) is 2.22. The van der Waals surface area contributed by atoms with Crippen LogP contribution in [-0.4, -0.2) is 79.0 Å². The van der Waals surface area contributed by atoms with Crippen molar-refractivity contribution in [3.8, 4) is 0 Å². The van der Waals surface area contributed by atoms with Crippen molar-refractivity contribution in [1.29, 1.82) is 0 Å². The van der Waals surface area contributed by atoms with E-state index in [0.717, 1.165) is 71.2 Å². The molecule has 0 aliphatic carbocycles. The molecule has 0 spiro atoms. The molecule has 0 bridgehead atoms. The average Bonchev–Trinajstić information content (AvgIpc) is 2.59. The molecule has 1 aliphatic heterocycles. The van der Waals surface area contributed by atoms with Gasteiger partial charge in [-0.25, -0.2) is 0 Å². The highest BCUT2D eigenvalue weighted by molar-refractivity contribution is 14.0. The lowest BCUT2D eigenvalue weighted by molar-refractivity contribution is -0.0320. The molecule has 0 atom stereocenters. The van der Waals surface area contributed by atoms with Crippen molar-refractivity contribution in [3.05, 3.63) is 0 Å². The van der Waals surface area contributed by atoms with Crippen LogP contribution in [0.5, 0.6) is 0 Å². The molecule has 0 aromatic heterocycles. The average molecular weight is 459 g/mol. The number of ether oxygens (including phenoxy) is 4. The number of methoxy groups -OCH3 is 1. The minimum absolute atomic E-state index is 0. The van der Waals surface area contributed by atoms with Gasteiger partial charge in [0.25, 0.3) is 0 Å². The number of nitrogens with zero attached hydrogens (tertiary/aromatic N) is 1. The topological polar surface area (TPSA) is 73.3 Å². The Bertz CT molecular complexity index is 303. The van der Waals surface area contributed by atoms with Gasteiger partial charge >= 0.3 is 0 Å². The minimum atomic E-state index is 0. The number of nitrogens with one attached hydrogen (secondary N) is 2. The summed E-state index contributed by atoms with van der Waals surface area (Å²) in [5.41, 5.74) is 0. The van der Waals surface area contributed by atoms with E-state index in [1.807, 2.05) is 0 Å². The summed E-state index contributed by atoms with van der Waals surface area (Å²) in [6.45, 7) is 6.15. The van der Waals surface area contributed by atoms with Crippen molar-refractivity contribution >= 4 is 29.9 Å². The van der Waals surface area contributed by atoms with Crippen LogP contribution in [0.2, 0.25) is 0 Å². The Balaban J connectivity index is 0.00000529. The monoisotopic (exact) mass is 459 g/mol. The molecule has 1 rings (SSSR count). The largest absolute Gasteiger partial charge is 0.382 e. The Morgan fingerprint density at radius 3 is 2.33 bits per heavy atom. The van der Waals surface area contributed by atoms with E-state index in [2.05, 4.69) is 15.6 Å². The summed E-state index contributed by atoms with van der Waals surface area (Å²) in [5.74, 6) is 0.827. The Morgan fingerprint density at radius 1 is 1.04 bits per heavy atom. The molecule has 7 nitrogen and oxygen atoms in total. The third-order valence-corrected chi connectivity index (χ3v) is 3.55. The molecule has 1 fully saturated rings. The van der Waals surface area contributed by atoms with Gasteiger partial charge in [0, 0.05) is 53.7 Å². The summed E-state index contributed by atoms with van der Waals surface area (Å²) in [6.07, 6.45) is 4.32. The number of halogens is 1. The predicted molar refractivity (Wildman–Crippen MR) is 107 cm³/mol. The van der Waals surface area contributed by atoms with E-state index in [-0.39, 0.29) is 24.0 Å². The number of hydrogen-bond acceptors (Lipinski definition) is 5. The van der Waals surface area contributed by atoms with Gasteiger partial charge in [-0.15, -0.1) is 24.0 Å². The lowest BCUT2D eigenvalue weighted by Crippen LogP contribution is -2.38. The lowest BCUT2D eigenvalue weighted by atomic mass is 10.1. The third-order valence-electron chi connectivity index (χ3n) is 3.55. The maximum absolute atomic E-state index is 5.84. The first-order valence-electron chi connectivity index (χ1n) is 8.57. The van der Waals surface area contributed by atoms with E-state index in [9.17, 15) is 0 Å². The van der Waals surface area contributed by atoms with Crippen LogP contribution in [0.4, 0.5) is 0 Å². The van der Waals surface area contributed by atoms with E-state index in [1.54, 1.807) is 14.2 Å². The van der Waals surface area contributed by atoms with Crippen LogP contribution in [0.1, 0.15) is 25.7 Å². The molecule has 0 unspecified atom stereocenters. The third kappa shape index (κ3) is 13.2. The van der Waals surface area contributed by atoms with E-state index >= 15 is 0 Å². The number of rotatable bonds is 12. The number of hydrogen-bond donors (Lipinski definition) is 2. The fraction of sp³-hybridized carbons (Fsp3) is 0.938. The molecule has 8 heteroatoms. The Labute approximate surface area is 163 Å². The SMILES string of the molecule is CN=C(NCCCOCCOC)NCCCOC1CCOCC1.I. The molecule has 0 saturated carbocycles. The van der Waals surface area contributed by atoms with Crippen molar-refractivity contribution in [1.82, 2.24) is 10.6 Å². The van der Waals surface area contributed by atoms with Gasteiger partial charge in [-0.05, 0) is 25.7 Å². The Hall–Kier alpha value is -0.160. The van der Waals surface area contributed by atoms with Crippen LogP contribution in [-0.2, 0) is 18.9 Å². The number of guanidine groups is 1. The van der Waals surface area contributed by atoms with Crippen molar-refractivity contribution < 1.29 is 18.9 Å². The second kappa shape index (κ2) is 17.7. The second-order valence-corrected chi connectivity index (χ2v) is 5.42. The van der Waals surface area contributed by atoms with Gasteiger partial charge in [-0.1, -0.05) is 0 Å². The first kappa shape index (κ1) is 23.8. The zero-order chi connectivity index (χ0) is 16.6. The highest BCUT2D eigenvalue weighted by Gasteiger charge is 2.13. The van der Waals surface area contributed by atoms with Gasteiger partial charge in [0.2, 0.25) is 0 Å². The Kier molecular flexibility index (Phi) is 17.5. The molecule has 0 amide bonds. The van der Waals surface area contributed by atoms with Crippen LogP contribution in [0.25, 0.3) is 0 Å². The highest BCUT2D eigenvalue weighted by Crippen LogP contribution is 2.10. The van der Waals surface area contributed by atoms with Crippen LogP contribution < -0.4 is 10.6 Å². The molecular weight excluding hydrogens is 425 g/mol. The molecule has 2 N–H and O–H groups in total. The lowest BCUT2D eigenvalue weighted by Gasteiger charge is -2.22. The van der Waals surface area contributed by atoms with Crippen LogP contribution in [0.15, 0.2) is 4.99 Å². The maximum atomic E-state index is 5.84. The maximum Gasteiger partial charge on any atom is 0.190 e.